The first kappa shape index (κ1) is 27.1. The number of rotatable bonds is 8. The zero-order valence-corrected chi connectivity index (χ0v) is 21.9. The van der Waals surface area contributed by atoms with Gasteiger partial charge in [0.25, 0.3) is 0 Å². The molecule has 2 aromatic heterocycles. The molecule has 2 aromatic carbocycles. The first-order valence-electron chi connectivity index (χ1n) is 11.6. The molecule has 5 nitrogen and oxygen atoms in total. The number of nitrogens with zero attached hydrogens (tertiary/aromatic N) is 3. The summed E-state index contributed by atoms with van der Waals surface area (Å²) in [6.07, 6.45) is -0.837. The lowest BCUT2D eigenvalue weighted by Gasteiger charge is -2.14. The molecular weight excluding hydrogens is 530 g/mol. The zero-order valence-electron chi connectivity index (χ0n) is 20.3. The smallest absolute Gasteiger partial charge is 0.416 e. The molecule has 0 N–H and O–H groups in total. The van der Waals surface area contributed by atoms with Crippen LogP contribution in [0.15, 0.2) is 52.5 Å². The quantitative estimate of drug-likeness (QED) is 0.166. The van der Waals surface area contributed by atoms with Crippen LogP contribution in [0.5, 0.6) is 0 Å². The molecule has 0 fully saturated rings. The summed E-state index contributed by atoms with van der Waals surface area (Å²) in [5, 5.41) is 4.85. The molecule has 4 aromatic rings. The van der Waals surface area contributed by atoms with Crippen molar-refractivity contribution in [1.29, 1.82) is 0 Å². The van der Waals surface area contributed by atoms with Crippen molar-refractivity contribution in [2.24, 2.45) is 0 Å². The number of esters is 1. The predicted octanol–water partition coefficient (Wildman–Crippen LogP) is 7.61. The molecule has 0 aliphatic rings. The van der Waals surface area contributed by atoms with Crippen LogP contribution in [-0.4, -0.2) is 26.9 Å². The van der Waals surface area contributed by atoms with Crippen molar-refractivity contribution in [3.05, 3.63) is 70.4 Å². The van der Waals surface area contributed by atoms with Gasteiger partial charge in [0.1, 0.15) is 0 Å². The Morgan fingerprint density at radius 3 is 2.62 bits per heavy atom. The van der Waals surface area contributed by atoms with Crippen molar-refractivity contribution in [3.8, 4) is 5.69 Å². The Balaban J connectivity index is 1.84. The summed E-state index contributed by atoms with van der Waals surface area (Å²) in [4.78, 5) is 13.1. The number of aromatic nitrogens is 3. The van der Waals surface area contributed by atoms with Crippen molar-refractivity contribution in [2.75, 3.05) is 6.61 Å². The van der Waals surface area contributed by atoms with Gasteiger partial charge in [-0.1, -0.05) is 30.3 Å². The minimum absolute atomic E-state index is 0.0463. The summed E-state index contributed by atoms with van der Waals surface area (Å²) >= 11 is 7.30. The normalized spacial score (nSPS) is 11.9. The van der Waals surface area contributed by atoms with Gasteiger partial charge in [0, 0.05) is 33.6 Å². The third-order valence-electron chi connectivity index (χ3n) is 5.77. The molecule has 0 amide bonds. The molecule has 2 heterocycles. The van der Waals surface area contributed by atoms with Gasteiger partial charge in [-0.05, 0) is 56.2 Å². The Labute approximate surface area is 220 Å². The maximum absolute atomic E-state index is 15.3. The van der Waals surface area contributed by atoms with Crippen LogP contribution < -0.4 is 0 Å². The molecule has 196 valence electrons. The Morgan fingerprint density at radius 2 is 1.95 bits per heavy atom. The number of benzene rings is 2. The number of hydrogen-bond acceptors (Lipinski definition) is 4. The highest BCUT2D eigenvalue weighted by molar-refractivity contribution is 7.99. The van der Waals surface area contributed by atoms with E-state index in [1.54, 1.807) is 41.6 Å². The van der Waals surface area contributed by atoms with Crippen LogP contribution in [0.25, 0.3) is 16.6 Å². The summed E-state index contributed by atoms with van der Waals surface area (Å²) < 4.78 is 64.5. The van der Waals surface area contributed by atoms with E-state index in [1.165, 1.54) is 30.0 Å². The van der Waals surface area contributed by atoms with E-state index in [-0.39, 0.29) is 22.7 Å². The van der Waals surface area contributed by atoms with Crippen LogP contribution in [-0.2, 0) is 28.7 Å². The Kier molecular flexibility index (Phi) is 7.89. The molecule has 0 spiro atoms. The predicted molar refractivity (Wildman–Crippen MR) is 135 cm³/mol. The lowest BCUT2D eigenvalue weighted by molar-refractivity contribution is -0.143. The number of carbonyl (C=O) groups excluding carboxylic acids is 1. The Morgan fingerprint density at radius 1 is 1.19 bits per heavy atom. The van der Waals surface area contributed by atoms with E-state index in [2.05, 4.69) is 5.10 Å². The van der Waals surface area contributed by atoms with Crippen molar-refractivity contribution < 1.29 is 27.1 Å². The van der Waals surface area contributed by atoms with E-state index < -0.39 is 29.9 Å². The number of hydrogen-bond donors (Lipinski definition) is 0. The molecule has 0 radical (unpaired) electrons. The van der Waals surface area contributed by atoms with Crippen molar-refractivity contribution in [1.82, 2.24) is 14.3 Å². The summed E-state index contributed by atoms with van der Waals surface area (Å²) in [6.45, 7) is 6.17. The fourth-order valence-electron chi connectivity index (χ4n) is 4.22. The molecule has 0 atom stereocenters. The lowest BCUT2D eigenvalue weighted by Crippen LogP contribution is -2.14. The van der Waals surface area contributed by atoms with Gasteiger partial charge in [-0.15, -0.1) is 0 Å². The highest BCUT2D eigenvalue weighted by Crippen LogP contribution is 2.43. The maximum Gasteiger partial charge on any atom is 0.416 e. The SMILES string of the molecule is CCCn1cc(-n2c(C)c(Sc3ccc(C(F)(F)F)c(CC(=O)OCC)c3)c3ccc(Cl)c(F)c32)cn1. The van der Waals surface area contributed by atoms with Gasteiger partial charge in [0.05, 0.1) is 41.0 Å². The van der Waals surface area contributed by atoms with Gasteiger partial charge < -0.3 is 9.30 Å². The highest BCUT2D eigenvalue weighted by atomic mass is 35.5. The lowest BCUT2D eigenvalue weighted by atomic mass is 10.0. The van der Waals surface area contributed by atoms with Crippen LogP contribution in [0.1, 0.15) is 37.1 Å². The van der Waals surface area contributed by atoms with Gasteiger partial charge in [-0.3, -0.25) is 9.48 Å². The highest BCUT2D eigenvalue weighted by Gasteiger charge is 2.34. The second-order valence-electron chi connectivity index (χ2n) is 8.37. The van der Waals surface area contributed by atoms with E-state index in [4.69, 9.17) is 16.3 Å². The number of ether oxygens (including phenoxy) is 1. The van der Waals surface area contributed by atoms with Crippen molar-refractivity contribution >= 4 is 40.2 Å². The molecular formula is C26H24ClF4N3O2S. The van der Waals surface area contributed by atoms with E-state index in [0.29, 0.717) is 33.1 Å². The fourth-order valence-corrected chi connectivity index (χ4v) is 5.46. The van der Waals surface area contributed by atoms with Gasteiger partial charge in [-0.2, -0.15) is 18.3 Å². The van der Waals surface area contributed by atoms with E-state index >= 15 is 4.39 Å². The molecule has 0 aliphatic carbocycles. The maximum atomic E-state index is 15.3. The second kappa shape index (κ2) is 10.8. The van der Waals surface area contributed by atoms with Crippen LogP contribution in [0.2, 0.25) is 5.02 Å². The van der Waals surface area contributed by atoms with Gasteiger partial charge in [0.15, 0.2) is 5.82 Å². The minimum atomic E-state index is -4.63. The van der Waals surface area contributed by atoms with Gasteiger partial charge in [0.2, 0.25) is 0 Å². The van der Waals surface area contributed by atoms with Crippen LogP contribution in [0.4, 0.5) is 17.6 Å². The molecule has 37 heavy (non-hydrogen) atoms. The summed E-state index contributed by atoms with van der Waals surface area (Å²) in [5.41, 5.74) is 0.475. The van der Waals surface area contributed by atoms with Crippen molar-refractivity contribution in [3.63, 3.8) is 0 Å². The van der Waals surface area contributed by atoms with Crippen molar-refractivity contribution in [2.45, 2.75) is 56.1 Å². The van der Waals surface area contributed by atoms with Crippen LogP contribution in [0, 0.1) is 12.7 Å². The third-order valence-corrected chi connectivity index (χ3v) is 7.27. The number of aryl methyl sites for hydroxylation is 1. The number of fused-ring (bicyclic) bond motifs is 1. The average molecular weight is 554 g/mol. The molecule has 0 aliphatic heterocycles. The third kappa shape index (κ3) is 5.50. The summed E-state index contributed by atoms with van der Waals surface area (Å²) in [5.74, 6) is -1.35. The number of alkyl halides is 3. The fraction of sp³-hybridized carbons (Fsp3) is 0.308. The topological polar surface area (TPSA) is 49.0 Å². The first-order valence-corrected chi connectivity index (χ1v) is 12.8. The minimum Gasteiger partial charge on any atom is -0.466 e. The number of carbonyl (C=O) groups is 1. The molecule has 0 bridgehead atoms. The average Bonchev–Trinajstić information content (AvgIpc) is 3.39. The Hall–Kier alpha value is -2.98. The molecule has 0 saturated carbocycles. The summed E-state index contributed by atoms with van der Waals surface area (Å²) in [7, 11) is 0. The molecule has 11 heteroatoms. The summed E-state index contributed by atoms with van der Waals surface area (Å²) in [6, 6.07) is 6.77. The number of halogens is 5. The molecule has 4 rings (SSSR count). The monoisotopic (exact) mass is 553 g/mol. The zero-order chi connectivity index (χ0) is 26.9. The molecule has 0 saturated heterocycles. The van der Waals surface area contributed by atoms with Gasteiger partial charge >= 0.3 is 12.1 Å². The van der Waals surface area contributed by atoms with Gasteiger partial charge in [-0.25, -0.2) is 4.39 Å². The van der Waals surface area contributed by atoms with Crippen LogP contribution >= 0.6 is 23.4 Å². The van der Waals surface area contributed by atoms with E-state index in [1.807, 2.05) is 6.92 Å². The van der Waals surface area contributed by atoms with E-state index in [0.717, 1.165) is 12.5 Å². The second-order valence-corrected chi connectivity index (χ2v) is 9.86. The van der Waals surface area contributed by atoms with Crippen LogP contribution in [0.3, 0.4) is 0 Å². The Bertz CT molecular complexity index is 1460. The standard InChI is InChI=1S/C26H24ClF4N3O2S/c1-4-10-33-14-17(13-32-33)34-15(3)25(19-7-9-21(27)23(28)24(19)34)37-18-6-8-20(26(29,30)31)16(11-18)12-22(35)36-5-2/h6-9,11,13-14H,4-5,10,12H2,1-3H3. The largest absolute Gasteiger partial charge is 0.466 e. The first-order chi connectivity index (χ1) is 17.5. The van der Waals surface area contributed by atoms with E-state index in [9.17, 15) is 18.0 Å². The molecule has 0 unspecified atom stereocenters.